The number of nitrogens with zero attached hydrogens (tertiary/aromatic N) is 5. The normalized spacial score (nSPS) is 11.5. The number of hydrogen-bond donors (Lipinski definition) is 0. The van der Waals surface area contributed by atoms with Crippen LogP contribution in [-0.4, -0.2) is 39.2 Å². The number of hydrogen-bond acceptors (Lipinski definition) is 4. The first-order chi connectivity index (χ1) is 9.15. The fraction of sp³-hybridized carbons (Fsp3) is 0.154. The molecule has 2 rings (SSSR count). The van der Waals surface area contributed by atoms with Crippen molar-refractivity contribution in [3.05, 3.63) is 53.5 Å². The van der Waals surface area contributed by atoms with Crippen molar-refractivity contribution in [3.8, 4) is 5.69 Å². The maximum atomic E-state index is 5.83. The molecular formula is C13H14ClN5. The summed E-state index contributed by atoms with van der Waals surface area (Å²) in [5, 5.41) is 12.8. The van der Waals surface area contributed by atoms with Crippen LogP contribution in [0.2, 0.25) is 5.02 Å². The van der Waals surface area contributed by atoms with E-state index in [1.807, 2.05) is 49.5 Å². The molecule has 0 saturated carbocycles. The van der Waals surface area contributed by atoms with Crippen LogP contribution in [0.25, 0.3) is 11.8 Å². The third-order valence-electron chi connectivity index (χ3n) is 2.23. The number of allylic oxidation sites excluding steroid dienone is 2. The monoisotopic (exact) mass is 275 g/mol. The predicted octanol–water partition coefficient (Wildman–Crippen LogP) is 2.40. The average molecular weight is 276 g/mol. The highest BCUT2D eigenvalue weighted by molar-refractivity contribution is 6.30. The first-order valence-electron chi connectivity index (χ1n) is 5.72. The molecule has 0 bridgehead atoms. The zero-order valence-corrected chi connectivity index (χ0v) is 11.5. The Labute approximate surface area is 116 Å². The molecule has 5 nitrogen and oxygen atoms in total. The Hall–Kier alpha value is -2.14. The van der Waals surface area contributed by atoms with Crippen LogP contribution in [0.3, 0.4) is 0 Å². The van der Waals surface area contributed by atoms with Crippen LogP contribution in [0.15, 0.2) is 42.6 Å². The summed E-state index contributed by atoms with van der Waals surface area (Å²) in [5.41, 5.74) is 0.820. The van der Waals surface area contributed by atoms with Crippen molar-refractivity contribution in [2.45, 2.75) is 0 Å². The van der Waals surface area contributed by atoms with Gasteiger partial charge in [-0.05, 0) is 47.8 Å². The molecule has 1 heterocycles. The van der Waals surface area contributed by atoms with Gasteiger partial charge in [0.25, 0.3) is 0 Å². The minimum absolute atomic E-state index is 0.554. The van der Waals surface area contributed by atoms with Crippen molar-refractivity contribution in [2.75, 3.05) is 14.1 Å². The summed E-state index contributed by atoms with van der Waals surface area (Å²) in [7, 11) is 3.92. The van der Waals surface area contributed by atoms with Gasteiger partial charge in [-0.25, -0.2) is 0 Å². The third kappa shape index (κ3) is 3.93. The van der Waals surface area contributed by atoms with Crippen molar-refractivity contribution in [1.82, 2.24) is 25.1 Å². The van der Waals surface area contributed by atoms with Gasteiger partial charge in [0.2, 0.25) is 0 Å². The van der Waals surface area contributed by atoms with E-state index < -0.39 is 0 Å². The van der Waals surface area contributed by atoms with Gasteiger partial charge in [-0.1, -0.05) is 17.7 Å². The molecule has 19 heavy (non-hydrogen) atoms. The van der Waals surface area contributed by atoms with Crippen molar-refractivity contribution in [1.29, 1.82) is 0 Å². The molecule has 0 unspecified atom stereocenters. The molecule has 0 N–H and O–H groups in total. The van der Waals surface area contributed by atoms with Gasteiger partial charge in [-0.3, -0.25) is 0 Å². The minimum atomic E-state index is 0.554. The van der Waals surface area contributed by atoms with Gasteiger partial charge in [-0.2, -0.15) is 0 Å². The first kappa shape index (κ1) is 13.3. The molecule has 0 spiro atoms. The average Bonchev–Trinajstić information content (AvgIpc) is 2.84. The van der Waals surface area contributed by atoms with Crippen LogP contribution in [0.1, 0.15) is 5.82 Å². The molecule has 0 atom stereocenters. The van der Waals surface area contributed by atoms with Gasteiger partial charge >= 0.3 is 0 Å². The van der Waals surface area contributed by atoms with Crippen LogP contribution >= 0.6 is 11.6 Å². The largest absolute Gasteiger partial charge is 0.383 e. The van der Waals surface area contributed by atoms with Gasteiger partial charge in [-0.15, -0.1) is 15.0 Å². The van der Waals surface area contributed by atoms with E-state index in [4.69, 9.17) is 11.6 Å². The lowest BCUT2D eigenvalue weighted by atomic mass is 10.3. The Morgan fingerprint density at radius 2 is 1.89 bits per heavy atom. The van der Waals surface area contributed by atoms with Crippen molar-refractivity contribution < 1.29 is 0 Å². The lowest BCUT2D eigenvalue weighted by molar-refractivity contribution is 0.564. The van der Waals surface area contributed by atoms with Crippen molar-refractivity contribution in [3.63, 3.8) is 0 Å². The molecule has 0 fully saturated rings. The van der Waals surface area contributed by atoms with Crippen LogP contribution in [0.5, 0.6) is 0 Å². The van der Waals surface area contributed by atoms with E-state index in [1.54, 1.807) is 18.2 Å². The van der Waals surface area contributed by atoms with Gasteiger partial charge in [0, 0.05) is 19.1 Å². The summed E-state index contributed by atoms with van der Waals surface area (Å²) in [6.07, 6.45) is 7.49. The van der Waals surface area contributed by atoms with E-state index in [-0.39, 0.29) is 0 Å². The molecule has 0 aliphatic heterocycles. The van der Waals surface area contributed by atoms with Crippen molar-refractivity contribution in [2.24, 2.45) is 0 Å². The molecule has 2 aromatic rings. The first-order valence-corrected chi connectivity index (χ1v) is 6.10. The van der Waals surface area contributed by atoms with E-state index in [0.717, 1.165) is 5.69 Å². The Morgan fingerprint density at radius 3 is 2.58 bits per heavy atom. The van der Waals surface area contributed by atoms with Crippen LogP contribution in [-0.2, 0) is 0 Å². The SMILES string of the molecule is CN(C)/C=C\C=C/c1nnn(-c2ccc(Cl)cc2)n1. The van der Waals surface area contributed by atoms with E-state index in [0.29, 0.717) is 10.8 Å². The lowest BCUT2D eigenvalue weighted by Gasteiger charge is -2.00. The minimum Gasteiger partial charge on any atom is -0.383 e. The van der Waals surface area contributed by atoms with E-state index >= 15 is 0 Å². The lowest BCUT2D eigenvalue weighted by Crippen LogP contribution is -1.99. The van der Waals surface area contributed by atoms with Gasteiger partial charge < -0.3 is 4.90 Å². The zero-order chi connectivity index (χ0) is 13.7. The standard InChI is InChI=1S/C13H14ClN5/c1-18(2)10-4-3-5-13-15-17-19(16-13)12-8-6-11(14)7-9-12/h3-10H,1-2H3/b5-3-,10-4-. The molecule has 0 aliphatic carbocycles. The Morgan fingerprint density at radius 1 is 1.16 bits per heavy atom. The highest BCUT2D eigenvalue weighted by Crippen LogP contribution is 2.11. The topological polar surface area (TPSA) is 46.8 Å². The van der Waals surface area contributed by atoms with Gasteiger partial charge in [0.15, 0.2) is 5.82 Å². The molecule has 1 aromatic heterocycles. The van der Waals surface area contributed by atoms with Crippen LogP contribution in [0.4, 0.5) is 0 Å². The number of benzene rings is 1. The second kappa shape index (κ2) is 6.15. The molecule has 0 aliphatic rings. The summed E-state index contributed by atoms with van der Waals surface area (Å²) in [6, 6.07) is 7.25. The van der Waals surface area contributed by atoms with Crippen LogP contribution in [0, 0.1) is 0 Å². The number of aromatic nitrogens is 4. The van der Waals surface area contributed by atoms with Gasteiger partial charge in [0.05, 0.1) is 5.69 Å². The maximum Gasteiger partial charge on any atom is 0.198 e. The number of halogens is 1. The molecule has 6 heteroatoms. The predicted molar refractivity (Wildman–Crippen MR) is 76.0 cm³/mol. The quantitative estimate of drug-likeness (QED) is 0.804. The fourth-order valence-corrected chi connectivity index (χ4v) is 1.47. The fourth-order valence-electron chi connectivity index (χ4n) is 1.34. The number of tetrazole rings is 1. The van der Waals surface area contributed by atoms with E-state index in [9.17, 15) is 0 Å². The highest BCUT2D eigenvalue weighted by Gasteiger charge is 2.01. The Balaban J connectivity index is 2.09. The van der Waals surface area contributed by atoms with E-state index in [2.05, 4.69) is 15.4 Å². The summed E-state index contributed by atoms with van der Waals surface area (Å²) in [5.74, 6) is 0.554. The third-order valence-corrected chi connectivity index (χ3v) is 2.48. The molecule has 98 valence electrons. The van der Waals surface area contributed by atoms with Gasteiger partial charge in [0.1, 0.15) is 0 Å². The Kier molecular flexibility index (Phi) is 4.30. The second-order valence-corrected chi connectivity index (χ2v) is 4.51. The van der Waals surface area contributed by atoms with E-state index in [1.165, 1.54) is 4.80 Å². The summed E-state index contributed by atoms with van der Waals surface area (Å²) in [6.45, 7) is 0. The Bertz CT molecular complexity index is 583. The molecule has 0 radical (unpaired) electrons. The summed E-state index contributed by atoms with van der Waals surface area (Å²) in [4.78, 5) is 3.41. The number of rotatable bonds is 4. The van der Waals surface area contributed by atoms with Crippen molar-refractivity contribution >= 4 is 17.7 Å². The van der Waals surface area contributed by atoms with Crippen LogP contribution < -0.4 is 0 Å². The molecule has 0 amide bonds. The second-order valence-electron chi connectivity index (χ2n) is 4.08. The maximum absolute atomic E-state index is 5.83. The highest BCUT2D eigenvalue weighted by atomic mass is 35.5. The molecular weight excluding hydrogens is 262 g/mol. The molecule has 0 saturated heterocycles. The molecule has 1 aromatic carbocycles. The zero-order valence-electron chi connectivity index (χ0n) is 10.7. The smallest absolute Gasteiger partial charge is 0.198 e. The summed E-state index contributed by atoms with van der Waals surface area (Å²) >= 11 is 5.83. The summed E-state index contributed by atoms with van der Waals surface area (Å²) < 4.78 is 0.